The van der Waals surface area contributed by atoms with Gasteiger partial charge in [0, 0.05) is 11.5 Å². The van der Waals surface area contributed by atoms with E-state index in [1.165, 1.54) is 0 Å². The van der Waals surface area contributed by atoms with Crippen molar-refractivity contribution in [1.82, 2.24) is 0 Å². The van der Waals surface area contributed by atoms with Crippen LogP contribution in [0.1, 0.15) is 39.5 Å². The third kappa shape index (κ3) is 15.2. The molecule has 0 aromatic heterocycles. The summed E-state index contributed by atoms with van der Waals surface area (Å²) in [7, 11) is -4.64. The second kappa shape index (κ2) is 10.1. The third-order valence-corrected chi connectivity index (χ3v) is 2.42. The van der Waals surface area contributed by atoms with Gasteiger partial charge in [-0.2, -0.15) is 0 Å². The number of rotatable bonds is 7. The quantitative estimate of drug-likeness (QED) is 0.271. The second-order valence-electron chi connectivity index (χ2n) is 4.19. The Kier molecular flexibility index (Phi) is 11.0. The number of hydrogen-bond acceptors (Lipinski definition) is 3. The van der Waals surface area contributed by atoms with Gasteiger partial charge < -0.3 is 24.9 Å². The maximum atomic E-state index is 10.7. The average molecular weight is 298 g/mol. The highest BCUT2D eigenvalue weighted by Crippen LogP contribution is 2.25. The molecule has 0 saturated heterocycles. The van der Waals surface area contributed by atoms with Gasteiger partial charge >= 0.3 is 13.8 Å². The molecule has 7 nitrogen and oxygen atoms in total. The number of aliphatic hydroxyl groups is 1. The Morgan fingerprint density at radius 2 is 1.68 bits per heavy atom. The van der Waals surface area contributed by atoms with Crippen LogP contribution in [0, 0.1) is 5.92 Å². The number of aliphatic carboxylic acids is 1. The minimum absolute atomic E-state index is 0.121. The Morgan fingerprint density at radius 3 is 1.95 bits per heavy atom. The molecule has 19 heavy (non-hydrogen) atoms. The van der Waals surface area contributed by atoms with Gasteiger partial charge in [0.2, 0.25) is 0 Å². The summed E-state index contributed by atoms with van der Waals surface area (Å²) in [6.07, 6.45) is 3.17. The van der Waals surface area contributed by atoms with Crippen LogP contribution < -0.4 is 0 Å². The lowest BCUT2D eigenvalue weighted by Crippen LogP contribution is -2.22. The van der Waals surface area contributed by atoms with Crippen LogP contribution in [0.25, 0.3) is 0 Å². The summed E-state index contributed by atoms with van der Waals surface area (Å²) >= 11 is 0. The van der Waals surface area contributed by atoms with E-state index in [1.54, 1.807) is 6.92 Å². The zero-order chi connectivity index (χ0) is 15.6. The van der Waals surface area contributed by atoms with Crippen molar-refractivity contribution in [3.05, 3.63) is 12.2 Å². The third-order valence-electron chi connectivity index (χ3n) is 2.42. The van der Waals surface area contributed by atoms with Crippen molar-refractivity contribution in [3.8, 4) is 0 Å². The standard InChI is InChI=1S/C11H20O3.H3O4P/c1-4-5-6-7-10(9(3)12)8(2)11(13)14;1-5(2,3)4/h9-10,12H,2,4-7H2,1,3H3,(H,13,14);(H3,1,2,3,4). The van der Waals surface area contributed by atoms with Crippen LogP contribution in [0.3, 0.4) is 0 Å². The van der Waals surface area contributed by atoms with E-state index in [1.807, 2.05) is 0 Å². The predicted molar refractivity (Wildman–Crippen MR) is 70.4 cm³/mol. The summed E-state index contributed by atoms with van der Waals surface area (Å²) in [5.41, 5.74) is 0.121. The summed E-state index contributed by atoms with van der Waals surface area (Å²) in [4.78, 5) is 32.2. The van der Waals surface area contributed by atoms with Gasteiger partial charge in [-0.3, -0.25) is 0 Å². The van der Waals surface area contributed by atoms with E-state index in [-0.39, 0.29) is 11.5 Å². The fourth-order valence-corrected chi connectivity index (χ4v) is 1.48. The molecule has 2 unspecified atom stereocenters. The number of phosphoric acid groups is 1. The van der Waals surface area contributed by atoms with Crippen molar-refractivity contribution in [2.45, 2.75) is 45.6 Å². The van der Waals surface area contributed by atoms with Crippen molar-refractivity contribution in [1.29, 1.82) is 0 Å². The molecule has 0 amide bonds. The van der Waals surface area contributed by atoms with E-state index >= 15 is 0 Å². The van der Waals surface area contributed by atoms with Crippen molar-refractivity contribution < 1.29 is 34.3 Å². The average Bonchev–Trinajstić information content (AvgIpc) is 2.20. The molecule has 0 rings (SSSR count). The van der Waals surface area contributed by atoms with Gasteiger partial charge in [-0.15, -0.1) is 0 Å². The van der Waals surface area contributed by atoms with Crippen LogP contribution in [0.5, 0.6) is 0 Å². The van der Waals surface area contributed by atoms with Crippen LogP contribution in [0.2, 0.25) is 0 Å². The zero-order valence-corrected chi connectivity index (χ0v) is 12.1. The highest BCUT2D eigenvalue weighted by Gasteiger charge is 2.22. The van der Waals surface area contributed by atoms with E-state index in [2.05, 4.69) is 13.5 Å². The lowest BCUT2D eigenvalue weighted by molar-refractivity contribution is -0.133. The minimum atomic E-state index is -4.64. The summed E-state index contributed by atoms with van der Waals surface area (Å²) in [6, 6.07) is 0. The van der Waals surface area contributed by atoms with Crippen molar-refractivity contribution in [2.24, 2.45) is 5.92 Å². The summed E-state index contributed by atoms with van der Waals surface area (Å²) in [5, 5.41) is 18.2. The van der Waals surface area contributed by atoms with Crippen LogP contribution in [-0.4, -0.2) is 37.0 Å². The Morgan fingerprint density at radius 1 is 1.26 bits per heavy atom. The summed E-state index contributed by atoms with van der Waals surface area (Å²) in [5.74, 6) is -1.31. The first-order valence-corrected chi connectivity index (χ1v) is 7.45. The normalized spacial score (nSPS) is 14.0. The van der Waals surface area contributed by atoms with Crippen molar-refractivity contribution in [3.63, 3.8) is 0 Å². The second-order valence-corrected chi connectivity index (χ2v) is 5.21. The Bertz CT molecular complexity index is 313. The van der Waals surface area contributed by atoms with Gasteiger partial charge in [0.25, 0.3) is 0 Å². The van der Waals surface area contributed by atoms with E-state index in [0.29, 0.717) is 6.42 Å². The number of aliphatic hydroxyl groups excluding tert-OH is 1. The van der Waals surface area contributed by atoms with Gasteiger partial charge in [-0.25, -0.2) is 9.36 Å². The molecule has 0 aliphatic carbocycles. The number of hydrogen-bond donors (Lipinski definition) is 5. The number of unbranched alkanes of at least 4 members (excludes halogenated alkanes) is 2. The molecule has 2 atom stereocenters. The van der Waals surface area contributed by atoms with Gasteiger partial charge in [0.15, 0.2) is 0 Å². The number of carboxylic acids is 1. The molecule has 0 heterocycles. The molecule has 0 aromatic rings. The topological polar surface area (TPSA) is 135 Å². The summed E-state index contributed by atoms with van der Waals surface area (Å²) in [6.45, 7) is 7.20. The van der Waals surface area contributed by atoms with Gasteiger partial charge in [0.05, 0.1) is 6.10 Å². The summed E-state index contributed by atoms with van der Waals surface area (Å²) < 4.78 is 8.88. The molecule has 0 spiro atoms. The molecular formula is C11H23O7P. The van der Waals surface area contributed by atoms with Crippen LogP contribution in [-0.2, 0) is 9.36 Å². The fraction of sp³-hybridized carbons (Fsp3) is 0.727. The molecule has 0 saturated carbocycles. The molecule has 0 bridgehead atoms. The highest BCUT2D eigenvalue weighted by atomic mass is 31.2. The lowest BCUT2D eigenvalue weighted by atomic mass is 9.89. The predicted octanol–water partition coefficient (Wildman–Crippen LogP) is 1.28. The highest BCUT2D eigenvalue weighted by molar-refractivity contribution is 7.45. The first-order chi connectivity index (χ1) is 8.50. The number of carbonyl (C=O) groups is 1. The van der Waals surface area contributed by atoms with Gasteiger partial charge in [-0.05, 0) is 13.3 Å². The molecule has 0 aromatic carbocycles. The van der Waals surface area contributed by atoms with Crippen LogP contribution >= 0.6 is 7.82 Å². The molecule has 0 radical (unpaired) electrons. The molecule has 0 aliphatic rings. The largest absolute Gasteiger partial charge is 0.478 e. The van der Waals surface area contributed by atoms with Crippen LogP contribution in [0.4, 0.5) is 0 Å². The Labute approximate surface area is 112 Å². The molecule has 8 heteroatoms. The zero-order valence-electron chi connectivity index (χ0n) is 11.2. The first-order valence-electron chi connectivity index (χ1n) is 5.89. The minimum Gasteiger partial charge on any atom is -0.478 e. The van der Waals surface area contributed by atoms with Crippen molar-refractivity contribution in [2.75, 3.05) is 0 Å². The van der Waals surface area contributed by atoms with Crippen molar-refractivity contribution >= 4 is 13.8 Å². The first kappa shape index (κ1) is 20.6. The Balaban J connectivity index is 0. The molecule has 5 N–H and O–H groups in total. The maximum absolute atomic E-state index is 10.7. The lowest BCUT2D eigenvalue weighted by Gasteiger charge is -2.19. The van der Waals surface area contributed by atoms with Gasteiger partial charge in [-0.1, -0.05) is 32.8 Å². The van der Waals surface area contributed by atoms with E-state index in [4.69, 9.17) is 24.4 Å². The smallest absolute Gasteiger partial charge is 0.466 e. The Hall–Kier alpha value is -0.720. The van der Waals surface area contributed by atoms with E-state index in [0.717, 1.165) is 19.3 Å². The van der Waals surface area contributed by atoms with E-state index < -0.39 is 19.9 Å². The van der Waals surface area contributed by atoms with Crippen LogP contribution in [0.15, 0.2) is 12.2 Å². The molecular weight excluding hydrogens is 275 g/mol. The molecule has 0 fully saturated rings. The maximum Gasteiger partial charge on any atom is 0.466 e. The SMILES string of the molecule is C=C(C(=O)O)C(CCCCC)C(C)O.O=P(O)(O)O. The molecule has 0 aliphatic heterocycles. The fourth-order valence-electron chi connectivity index (χ4n) is 1.48. The number of carboxylic acid groups (broad SMARTS) is 1. The van der Waals surface area contributed by atoms with Gasteiger partial charge in [0.1, 0.15) is 0 Å². The monoisotopic (exact) mass is 298 g/mol. The van der Waals surface area contributed by atoms with E-state index in [9.17, 15) is 9.90 Å². The molecule has 114 valence electrons.